The first-order valence-electron chi connectivity index (χ1n) is 6.03. The molecule has 0 radical (unpaired) electrons. The first-order valence-corrected chi connectivity index (χ1v) is 6.41. The van der Waals surface area contributed by atoms with Crippen molar-refractivity contribution >= 4 is 23.3 Å². The van der Waals surface area contributed by atoms with Crippen molar-refractivity contribution in [3.8, 4) is 11.8 Å². The molecule has 0 aliphatic rings. The van der Waals surface area contributed by atoms with Crippen LogP contribution in [0, 0.1) is 24.1 Å². The van der Waals surface area contributed by atoms with Gasteiger partial charge in [0.15, 0.2) is 5.82 Å². The molecule has 22 heavy (non-hydrogen) atoms. The van der Waals surface area contributed by atoms with Crippen LogP contribution in [0.15, 0.2) is 12.1 Å². The highest BCUT2D eigenvalue weighted by Gasteiger charge is 2.18. The molecular formula is C13H11ClFN5O2. The lowest BCUT2D eigenvalue weighted by molar-refractivity contribution is 0.0959. The third kappa shape index (κ3) is 2.80. The van der Waals surface area contributed by atoms with Gasteiger partial charge in [0.25, 0.3) is 5.91 Å². The molecule has 0 saturated heterocycles. The summed E-state index contributed by atoms with van der Waals surface area (Å²) >= 11 is 5.61. The van der Waals surface area contributed by atoms with Gasteiger partial charge >= 0.3 is 0 Å². The lowest BCUT2D eigenvalue weighted by Crippen LogP contribution is -2.31. The van der Waals surface area contributed by atoms with Crippen LogP contribution in [-0.4, -0.2) is 20.8 Å². The summed E-state index contributed by atoms with van der Waals surface area (Å²) in [5.74, 6) is -1.86. The number of anilines is 1. The number of aromatic hydroxyl groups is 1. The topological polar surface area (TPSA) is 103 Å². The molecule has 9 heteroatoms. The zero-order valence-corrected chi connectivity index (χ0v) is 12.4. The Labute approximate surface area is 129 Å². The molecule has 7 nitrogen and oxygen atoms in total. The van der Waals surface area contributed by atoms with Crippen LogP contribution in [0.3, 0.4) is 0 Å². The van der Waals surface area contributed by atoms with E-state index in [9.17, 15) is 14.3 Å². The highest BCUT2D eigenvalue weighted by atomic mass is 35.5. The molecule has 0 aliphatic heterocycles. The van der Waals surface area contributed by atoms with Crippen LogP contribution in [0.4, 0.5) is 10.2 Å². The first-order chi connectivity index (χ1) is 10.3. The number of hydrogen-bond donors (Lipinski definition) is 3. The molecule has 0 atom stereocenters. The normalized spacial score (nSPS) is 10.1. The molecule has 0 fully saturated rings. The monoisotopic (exact) mass is 323 g/mol. The van der Waals surface area contributed by atoms with E-state index < -0.39 is 17.5 Å². The van der Waals surface area contributed by atoms with Gasteiger partial charge in [-0.1, -0.05) is 11.6 Å². The molecule has 0 saturated carbocycles. The number of benzene rings is 1. The van der Waals surface area contributed by atoms with E-state index in [1.54, 1.807) is 14.0 Å². The zero-order chi connectivity index (χ0) is 16.4. The predicted molar refractivity (Wildman–Crippen MR) is 76.8 cm³/mol. The number of phenols is 1. The average molecular weight is 324 g/mol. The molecular weight excluding hydrogens is 313 g/mol. The van der Waals surface area contributed by atoms with Crippen molar-refractivity contribution in [1.29, 1.82) is 5.26 Å². The standard InChI is InChI=1S/C13H11ClFN5O2/c1-6-9(5-16)12(20(2)19-6)17-18-13(22)8-3-7(15)4-10(14)11(8)21/h3-4,17,21H,1-2H3,(H,18,22). The van der Waals surface area contributed by atoms with E-state index in [4.69, 9.17) is 16.9 Å². The SMILES string of the molecule is Cc1nn(C)c(NNC(=O)c2cc(F)cc(Cl)c2O)c1C#N. The average Bonchev–Trinajstić information content (AvgIpc) is 2.73. The molecule has 114 valence electrons. The summed E-state index contributed by atoms with van der Waals surface area (Å²) in [5.41, 5.74) is 5.17. The number of amides is 1. The minimum atomic E-state index is -0.818. The molecule has 0 aliphatic carbocycles. The van der Waals surface area contributed by atoms with Gasteiger partial charge in [0.1, 0.15) is 23.2 Å². The molecule has 1 aromatic carbocycles. The predicted octanol–water partition coefficient (Wildman–Crippen LogP) is 1.86. The van der Waals surface area contributed by atoms with Crippen molar-refractivity contribution in [1.82, 2.24) is 15.2 Å². The maximum Gasteiger partial charge on any atom is 0.273 e. The number of rotatable bonds is 3. The molecule has 1 heterocycles. The molecule has 0 unspecified atom stereocenters. The maximum absolute atomic E-state index is 13.3. The van der Waals surface area contributed by atoms with Crippen molar-refractivity contribution in [3.63, 3.8) is 0 Å². The number of nitrogens with one attached hydrogen (secondary N) is 2. The smallest absolute Gasteiger partial charge is 0.273 e. The van der Waals surface area contributed by atoms with Crippen LogP contribution in [0.1, 0.15) is 21.6 Å². The largest absolute Gasteiger partial charge is 0.506 e. The lowest BCUT2D eigenvalue weighted by atomic mass is 10.2. The highest BCUT2D eigenvalue weighted by molar-refractivity contribution is 6.32. The van der Waals surface area contributed by atoms with E-state index in [0.717, 1.165) is 12.1 Å². The molecule has 0 bridgehead atoms. The minimum Gasteiger partial charge on any atom is -0.506 e. The fourth-order valence-electron chi connectivity index (χ4n) is 1.86. The number of carbonyl (C=O) groups is 1. The Bertz CT molecular complexity index is 797. The Morgan fingerprint density at radius 2 is 2.23 bits per heavy atom. The Morgan fingerprint density at radius 1 is 1.55 bits per heavy atom. The number of halogens is 2. The van der Waals surface area contributed by atoms with Gasteiger partial charge in [-0.15, -0.1) is 0 Å². The van der Waals surface area contributed by atoms with Gasteiger partial charge in [-0.25, -0.2) is 4.39 Å². The number of phenolic OH excluding ortho intramolecular Hbond substituents is 1. The summed E-state index contributed by atoms with van der Waals surface area (Å²) in [4.78, 5) is 12.0. The first kappa shape index (κ1) is 15.6. The Hall–Kier alpha value is -2.79. The number of nitrogens with zero attached hydrogens (tertiary/aromatic N) is 3. The number of nitriles is 1. The Kier molecular flexibility index (Phi) is 4.19. The van der Waals surface area contributed by atoms with Gasteiger partial charge in [-0.3, -0.25) is 20.3 Å². The van der Waals surface area contributed by atoms with E-state index in [1.165, 1.54) is 4.68 Å². The molecule has 0 spiro atoms. The fourth-order valence-corrected chi connectivity index (χ4v) is 2.06. The van der Waals surface area contributed by atoms with E-state index in [-0.39, 0.29) is 22.0 Å². The number of aryl methyl sites for hydroxylation is 2. The van der Waals surface area contributed by atoms with Gasteiger partial charge in [-0.2, -0.15) is 10.4 Å². The van der Waals surface area contributed by atoms with Crippen LogP contribution in [0.5, 0.6) is 5.75 Å². The van der Waals surface area contributed by atoms with Gasteiger partial charge in [0, 0.05) is 7.05 Å². The van der Waals surface area contributed by atoms with Gasteiger partial charge in [0.05, 0.1) is 16.3 Å². The van der Waals surface area contributed by atoms with Crippen LogP contribution in [0.25, 0.3) is 0 Å². The fraction of sp³-hybridized carbons (Fsp3) is 0.154. The highest BCUT2D eigenvalue weighted by Crippen LogP contribution is 2.28. The minimum absolute atomic E-state index is 0.254. The maximum atomic E-state index is 13.3. The number of hydrazine groups is 1. The Balaban J connectivity index is 2.23. The lowest BCUT2D eigenvalue weighted by Gasteiger charge is -2.10. The molecule has 2 aromatic rings. The van der Waals surface area contributed by atoms with Crippen LogP contribution in [0.2, 0.25) is 5.02 Å². The van der Waals surface area contributed by atoms with Crippen molar-refractivity contribution in [2.24, 2.45) is 7.05 Å². The van der Waals surface area contributed by atoms with Gasteiger partial charge in [-0.05, 0) is 19.1 Å². The van der Waals surface area contributed by atoms with Crippen LogP contribution >= 0.6 is 11.6 Å². The summed E-state index contributed by atoms with van der Waals surface area (Å²) in [6.07, 6.45) is 0. The van der Waals surface area contributed by atoms with E-state index >= 15 is 0 Å². The second-order valence-corrected chi connectivity index (χ2v) is 4.81. The number of hydrogen-bond acceptors (Lipinski definition) is 5. The van der Waals surface area contributed by atoms with Crippen molar-refractivity contribution in [2.75, 3.05) is 5.43 Å². The van der Waals surface area contributed by atoms with E-state index in [2.05, 4.69) is 16.0 Å². The summed E-state index contributed by atoms with van der Waals surface area (Å²) in [5, 5.41) is 22.5. The number of aromatic nitrogens is 2. The number of carbonyl (C=O) groups excluding carboxylic acids is 1. The summed E-state index contributed by atoms with van der Waals surface area (Å²) in [6.45, 7) is 1.64. The Morgan fingerprint density at radius 3 is 2.86 bits per heavy atom. The van der Waals surface area contributed by atoms with Gasteiger partial charge < -0.3 is 5.11 Å². The molecule has 1 aromatic heterocycles. The van der Waals surface area contributed by atoms with Crippen molar-refractivity contribution in [2.45, 2.75) is 6.92 Å². The molecule has 2 rings (SSSR count). The van der Waals surface area contributed by atoms with E-state index in [1.807, 2.05) is 6.07 Å². The quantitative estimate of drug-likeness (QED) is 0.748. The summed E-state index contributed by atoms with van der Waals surface area (Å²) < 4.78 is 14.6. The zero-order valence-electron chi connectivity index (χ0n) is 11.6. The van der Waals surface area contributed by atoms with E-state index in [0.29, 0.717) is 5.69 Å². The van der Waals surface area contributed by atoms with Crippen LogP contribution in [-0.2, 0) is 7.05 Å². The summed E-state index contributed by atoms with van der Waals surface area (Å²) in [7, 11) is 1.58. The third-order valence-corrected chi connectivity index (χ3v) is 3.19. The summed E-state index contributed by atoms with van der Waals surface area (Å²) in [6, 6.07) is 3.68. The second-order valence-electron chi connectivity index (χ2n) is 4.41. The third-order valence-electron chi connectivity index (χ3n) is 2.90. The second kappa shape index (κ2) is 5.91. The molecule has 1 amide bonds. The van der Waals surface area contributed by atoms with Crippen molar-refractivity contribution in [3.05, 3.63) is 39.8 Å². The van der Waals surface area contributed by atoms with Crippen molar-refractivity contribution < 1.29 is 14.3 Å². The van der Waals surface area contributed by atoms with Crippen LogP contribution < -0.4 is 10.9 Å². The van der Waals surface area contributed by atoms with Gasteiger partial charge in [0.2, 0.25) is 0 Å². The molecule has 3 N–H and O–H groups in total.